The largest absolute Gasteiger partial charge is 0.416 e. The number of amides is 1. The van der Waals surface area contributed by atoms with Crippen LogP contribution in [-0.2, 0) is 16.6 Å². The molecule has 2 heterocycles. The highest BCUT2D eigenvalue weighted by Crippen LogP contribution is 2.40. The molecule has 1 aromatic carbocycles. The van der Waals surface area contributed by atoms with Crippen LogP contribution in [0.3, 0.4) is 0 Å². The minimum absolute atomic E-state index is 0.232. The van der Waals surface area contributed by atoms with Gasteiger partial charge in [0.25, 0.3) is 11.6 Å². The summed E-state index contributed by atoms with van der Waals surface area (Å²) in [7, 11) is 1.19. The molecule has 0 aliphatic rings. The van der Waals surface area contributed by atoms with E-state index < -0.39 is 28.9 Å². The summed E-state index contributed by atoms with van der Waals surface area (Å²) in [4.78, 5) is 23.3. The van der Waals surface area contributed by atoms with Crippen LogP contribution in [0.2, 0.25) is 0 Å². The Balaban J connectivity index is 1.77. The molecule has 1 unspecified atom stereocenters. The first-order valence-corrected chi connectivity index (χ1v) is 8.91. The molecule has 31 heavy (non-hydrogen) atoms. The highest BCUT2D eigenvalue weighted by molar-refractivity contribution is 7.17. The predicted octanol–water partition coefficient (Wildman–Crippen LogP) is 3.29. The van der Waals surface area contributed by atoms with Crippen molar-refractivity contribution in [1.82, 2.24) is 30.2 Å². The summed E-state index contributed by atoms with van der Waals surface area (Å²) in [6.07, 6.45) is 2.72. The number of hydrogen-bond acceptors (Lipinski definition) is 6. The number of benzene rings is 1. The van der Waals surface area contributed by atoms with Crippen LogP contribution < -0.4 is 10.9 Å². The first-order valence-electron chi connectivity index (χ1n) is 8.33. The molecule has 0 saturated heterocycles. The lowest BCUT2D eigenvalue weighted by Crippen LogP contribution is -2.28. The maximum absolute atomic E-state index is 13.6. The lowest BCUT2D eigenvalue weighted by Gasteiger charge is -2.15. The van der Waals surface area contributed by atoms with Gasteiger partial charge < -0.3 is 0 Å². The van der Waals surface area contributed by atoms with Crippen molar-refractivity contribution in [3.05, 3.63) is 60.3 Å². The van der Waals surface area contributed by atoms with Crippen LogP contribution in [0.4, 0.5) is 27.8 Å². The van der Waals surface area contributed by atoms with E-state index >= 15 is 0 Å². The van der Waals surface area contributed by atoms with Crippen LogP contribution in [0, 0.1) is 0 Å². The Bertz CT molecular complexity index is 1060. The van der Waals surface area contributed by atoms with E-state index in [1.807, 2.05) is 0 Å². The quantitative estimate of drug-likeness (QED) is 0.255. The van der Waals surface area contributed by atoms with Gasteiger partial charge in [-0.05, 0) is 18.2 Å². The van der Waals surface area contributed by atoms with Crippen molar-refractivity contribution >= 4 is 27.2 Å². The Kier molecular flexibility index (Phi) is 6.25. The van der Waals surface area contributed by atoms with E-state index in [1.54, 1.807) is 0 Å². The minimum atomic E-state index is -4.84. The number of nitrogens with zero attached hydrogens (tertiary/aromatic N) is 5. The topological polar surface area (TPSA) is 97.6 Å². The third-order valence-electron chi connectivity index (χ3n) is 3.67. The van der Waals surface area contributed by atoms with Gasteiger partial charge in [0, 0.05) is 35.8 Å². The second kappa shape index (κ2) is 8.72. The van der Waals surface area contributed by atoms with Crippen molar-refractivity contribution in [2.45, 2.75) is 11.8 Å². The molecule has 0 fully saturated rings. The Morgan fingerprint density at radius 1 is 1.06 bits per heavy atom. The molecule has 14 heteroatoms. The molecule has 1 atom stereocenters. The Labute approximate surface area is 173 Å². The van der Waals surface area contributed by atoms with Crippen LogP contribution >= 0.6 is 9.24 Å². The van der Waals surface area contributed by atoms with Crippen LogP contribution in [0.15, 0.2) is 49.2 Å². The number of hydrazine groups is 1. The fourth-order valence-electron chi connectivity index (χ4n) is 2.27. The standard InChI is InChI=1S/C17H13F5N7OP/c18-16(19,20)11-5-10(6-12(7-11)17(21,22)31)15-25-9-29(28-15)4-1-14(30)27-26-13-8-23-2-3-24-13/h1-9H,31H2,(H,24,26)(H,27,30)/b4-1-. The van der Waals surface area contributed by atoms with Crippen LogP contribution in [0.1, 0.15) is 11.1 Å². The molecule has 2 N–H and O–H groups in total. The predicted molar refractivity (Wildman–Crippen MR) is 103 cm³/mol. The molecule has 0 aliphatic heterocycles. The third kappa shape index (κ3) is 6.01. The number of alkyl halides is 5. The normalized spacial score (nSPS) is 12.2. The van der Waals surface area contributed by atoms with Gasteiger partial charge in [0.05, 0.1) is 11.8 Å². The smallest absolute Gasteiger partial charge is 0.280 e. The molecule has 0 saturated carbocycles. The molecular weight excluding hydrogens is 444 g/mol. The van der Waals surface area contributed by atoms with Crippen LogP contribution in [0.5, 0.6) is 0 Å². The maximum atomic E-state index is 13.6. The average molecular weight is 457 g/mol. The first kappa shape index (κ1) is 22.2. The molecule has 0 spiro atoms. The monoisotopic (exact) mass is 457 g/mol. The Hall–Kier alpha value is -3.47. The summed E-state index contributed by atoms with van der Waals surface area (Å²) in [5, 5.41) is 3.89. The molecule has 0 aliphatic carbocycles. The lowest BCUT2D eigenvalue weighted by molar-refractivity contribution is -0.137. The van der Waals surface area contributed by atoms with Gasteiger partial charge in [-0.2, -0.15) is 22.0 Å². The summed E-state index contributed by atoms with van der Waals surface area (Å²) in [6, 6.07) is 1.89. The number of carbonyl (C=O) groups excluding carboxylic acids is 1. The minimum Gasteiger partial charge on any atom is -0.280 e. The molecule has 0 radical (unpaired) electrons. The summed E-state index contributed by atoms with van der Waals surface area (Å²) in [6.45, 7) is 0. The van der Waals surface area contributed by atoms with E-state index in [2.05, 4.69) is 30.9 Å². The second-order valence-corrected chi connectivity index (χ2v) is 6.71. The zero-order chi connectivity index (χ0) is 22.6. The van der Waals surface area contributed by atoms with Gasteiger partial charge in [-0.15, -0.1) is 5.10 Å². The molecular formula is C17H13F5N7OP. The molecule has 2 aromatic heterocycles. The fraction of sp³-hybridized carbons (Fsp3) is 0.118. The maximum Gasteiger partial charge on any atom is 0.416 e. The Morgan fingerprint density at radius 2 is 1.81 bits per heavy atom. The fourth-order valence-corrected chi connectivity index (χ4v) is 2.43. The lowest BCUT2D eigenvalue weighted by atomic mass is 10.0. The van der Waals surface area contributed by atoms with Crippen molar-refractivity contribution in [2.75, 3.05) is 5.43 Å². The highest BCUT2D eigenvalue weighted by atomic mass is 31.0. The zero-order valence-corrected chi connectivity index (χ0v) is 16.5. The SMILES string of the molecule is O=C(/C=C\n1cnc(-c2cc(C(F)(F)F)cc(C(F)(F)P)c2)n1)NNc1cnccn1. The van der Waals surface area contributed by atoms with Crippen molar-refractivity contribution in [2.24, 2.45) is 0 Å². The van der Waals surface area contributed by atoms with Gasteiger partial charge in [-0.25, -0.2) is 14.6 Å². The molecule has 8 nitrogen and oxygen atoms in total. The number of aromatic nitrogens is 5. The first-order chi connectivity index (χ1) is 14.5. The molecule has 1 amide bonds. The molecule has 0 bridgehead atoms. The second-order valence-electron chi connectivity index (χ2n) is 5.99. The van der Waals surface area contributed by atoms with Gasteiger partial charge in [-0.1, -0.05) is 9.24 Å². The van der Waals surface area contributed by atoms with Gasteiger partial charge in [0.1, 0.15) is 6.33 Å². The van der Waals surface area contributed by atoms with E-state index in [1.165, 1.54) is 34.0 Å². The van der Waals surface area contributed by atoms with E-state index in [4.69, 9.17) is 0 Å². The van der Waals surface area contributed by atoms with E-state index in [0.29, 0.717) is 18.0 Å². The summed E-state index contributed by atoms with van der Waals surface area (Å²) in [5.74, 6) is -0.547. The Morgan fingerprint density at radius 3 is 2.45 bits per heavy atom. The van der Waals surface area contributed by atoms with E-state index in [0.717, 1.165) is 23.2 Å². The summed E-state index contributed by atoms with van der Waals surface area (Å²) in [5.41, 5.74) is -1.14. The number of anilines is 1. The number of rotatable bonds is 6. The third-order valence-corrected chi connectivity index (χ3v) is 4.00. The highest BCUT2D eigenvalue weighted by Gasteiger charge is 2.35. The zero-order valence-electron chi connectivity index (χ0n) is 15.3. The van der Waals surface area contributed by atoms with Gasteiger partial charge in [-0.3, -0.25) is 20.6 Å². The van der Waals surface area contributed by atoms with Crippen LogP contribution in [0.25, 0.3) is 17.6 Å². The molecule has 3 rings (SSSR count). The number of halogens is 5. The van der Waals surface area contributed by atoms with Gasteiger partial charge in [0.2, 0.25) is 0 Å². The van der Waals surface area contributed by atoms with Crippen molar-refractivity contribution < 1.29 is 26.7 Å². The molecule has 3 aromatic rings. The molecule has 162 valence electrons. The number of nitrogens with one attached hydrogen (secondary N) is 2. The summed E-state index contributed by atoms with van der Waals surface area (Å²) >= 11 is 0. The van der Waals surface area contributed by atoms with Crippen molar-refractivity contribution in [1.29, 1.82) is 0 Å². The van der Waals surface area contributed by atoms with Crippen molar-refractivity contribution in [3.8, 4) is 11.4 Å². The number of hydrogen-bond donors (Lipinski definition) is 2. The van der Waals surface area contributed by atoms with Gasteiger partial charge >= 0.3 is 6.18 Å². The number of carbonyl (C=O) groups is 1. The summed E-state index contributed by atoms with van der Waals surface area (Å²) < 4.78 is 67.5. The average Bonchev–Trinajstić information content (AvgIpc) is 3.19. The van der Waals surface area contributed by atoms with E-state index in [-0.39, 0.29) is 11.4 Å². The van der Waals surface area contributed by atoms with E-state index in [9.17, 15) is 26.7 Å². The van der Waals surface area contributed by atoms with Gasteiger partial charge in [0.15, 0.2) is 11.6 Å². The van der Waals surface area contributed by atoms with Crippen molar-refractivity contribution in [3.63, 3.8) is 0 Å². The van der Waals surface area contributed by atoms with Crippen LogP contribution in [-0.4, -0.2) is 30.6 Å².